The van der Waals surface area contributed by atoms with Crippen LogP contribution >= 0.6 is 11.6 Å². The van der Waals surface area contributed by atoms with E-state index in [0.717, 1.165) is 5.56 Å². The summed E-state index contributed by atoms with van der Waals surface area (Å²) in [7, 11) is 0. The average Bonchev–Trinajstić information content (AvgIpc) is 2.31. The molecule has 0 aliphatic carbocycles. The molecule has 0 aromatic heterocycles. The van der Waals surface area contributed by atoms with Crippen LogP contribution in [0.3, 0.4) is 0 Å². The molecular formula is C16H24ClNO2. The minimum Gasteiger partial charge on any atom is -0.380 e. The molecule has 1 unspecified atom stereocenters. The molecule has 1 rings (SSSR count). The third-order valence-electron chi connectivity index (χ3n) is 3.27. The first kappa shape index (κ1) is 17.0. The van der Waals surface area contributed by atoms with Gasteiger partial charge in [-0.3, -0.25) is 4.79 Å². The van der Waals surface area contributed by atoms with E-state index >= 15 is 0 Å². The van der Waals surface area contributed by atoms with Gasteiger partial charge in [-0.05, 0) is 52.3 Å². The maximum absolute atomic E-state index is 12.6. The Morgan fingerprint density at radius 3 is 2.05 bits per heavy atom. The highest BCUT2D eigenvalue weighted by Crippen LogP contribution is 2.20. The van der Waals surface area contributed by atoms with Gasteiger partial charge < -0.3 is 10.0 Å². The van der Waals surface area contributed by atoms with Crippen molar-refractivity contribution in [1.29, 1.82) is 0 Å². The predicted molar refractivity (Wildman–Crippen MR) is 82.9 cm³/mol. The van der Waals surface area contributed by atoms with E-state index < -0.39 is 5.60 Å². The second-order valence-corrected chi connectivity index (χ2v) is 6.41. The number of benzene rings is 1. The van der Waals surface area contributed by atoms with Gasteiger partial charge in [0.25, 0.3) is 5.91 Å². The number of nitrogens with zero attached hydrogens (tertiary/aromatic N) is 1. The summed E-state index contributed by atoms with van der Waals surface area (Å²) in [6, 6.07) is 7.30. The van der Waals surface area contributed by atoms with Gasteiger partial charge in [-0.2, -0.15) is 0 Å². The highest BCUT2D eigenvalue weighted by molar-refractivity contribution is 6.30. The Kier molecular flexibility index (Phi) is 5.60. The van der Waals surface area contributed by atoms with Crippen LogP contribution in [0.15, 0.2) is 24.3 Å². The first-order valence-corrected chi connectivity index (χ1v) is 7.32. The molecule has 0 aliphatic heterocycles. The number of aliphatic hydroxyl groups is 1. The van der Waals surface area contributed by atoms with E-state index in [0.29, 0.717) is 5.02 Å². The second kappa shape index (κ2) is 6.59. The van der Waals surface area contributed by atoms with Gasteiger partial charge in [0.1, 0.15) is 5.60 Å². The van der Waals surface area contributed by atoms with Gasteiger partial charge >= 0.3 is 0 Å². The lowest BCUT2D eigenvalue weighted by molar-refractivity contribution is -0.153. The van der Waals surface area contributed by atoms with Crippen molar-refractivity contribution in [2.75, 3.05) is 0 Å². The van der Waals surface area contributed by atoms with Crippen LogP contribution < -0.4 is 0 Å². The fourth-order valence-corrected chi connectivity index (χ4v) is 2.54. The summed E-state index contributed by atoms with van der Waals surface area (Å²) in [5, 5.41) is 11.2. The van der Waals surface area contributed by atoms with Crippen molar-refractivity contribution in [2.45, 2.75) is 58.7 Å². The monoisotopic (exact) mass is 297 g/mol. The van der Waals surface area contributed by atoms with Crippen molar-refractivity contribution >= 4 is 17.5 Å². The highest BCUT2D eigenvalue weighted by atomic mass is 35.5. The van der Waals surface area contributed by atoms with Gasteiger partial charge in [0, 0.05) is 23.5 Å². The molecule has 0 fully saturated rings. The van der Waals surface area contributed by atoms with E-state index in [-0.39, 0.29) is 24.4 Å². The van der Waals surface area contributed by atoms with Crippen LogP contribution in [0.2, 0.25) is 5.02 Å². The lowest BCUT2D eigenvalue weighted by atomic mass is 9.94. The summed E-state index contributed by atoms with van der Waals surface area (Å²) in [5.41, 5.74) is -0.525. The Balaban J connectivity index is 2.91. The summed E-state index contributed by atoms with van der Waals surface area (Å²) in [6.07, 6.45) is 0.277. The Bertz CT molecular complexity index is 444. The topological polar surface area (TPSA) is 40.5 Å². The lowest BCUT2D eigenvalue weighted by Crippen LogP contribution is -2.53. The molecule has 112 valence electrons. The lowest BCUT2D eigenvalue weighted by Gasteiger charge is -2.36. The minimum atomic E-state index is -1.41. The van der Waals surface area contributed by atoms with Crippen molar-refractivity contribution in [3.63, 3.8) is 0 Å². The molecule has 1 amide bonds. The fourth-order valence-electron chi connectivity index (χ4n) is 2.42. The molecule has 1 atom stereocenters. The maximum Gasteiger partial charge on any atom is 0.255 e. The van der Waals surface area contributed by atoms with Crippen molar-refractivity contribution < 1.29 is 9.90 Å². The van der Waals surface area contributed by atoms with Crippen molar-refractivity contribution in [3.05, 3.63) is 34.9 Å². The van der Waals surface area contributed by atoms with E-state index in [2.05, 4.69) is 0 Å². The molecule has 4 heteroatoms. The van der Waals surface area contributed by atoms with E-state index in [4.69, 9.17) is 11.6 Å². The van der Waals surface area contributed by atoms with Crippen LogP contribution in [0.4, 0.5) is 0 Å². The fraction of sp³-hybridized carbons (Fsp3) is 0.562. The molecule has 0 saturated heterocycles. The Hall–Kier alpha value is -1.06. The minimum absolute atomic E-state index is 0.0548. The zero-order valence-corrected chi connectivity index (χ0v) is 13.6. The van der Waals surface area contributed by atoms with Gasteiger partial charge in [-0.15, -0.1) is 0 Å². The predicted octanol–water partition coefficient (Wildman–Crippen LogP) is 3.28. The normalized spacial score (nSPS) is 14.4. The van der Waals surface area contributed by atoms with E-state index in [1.165, 1.54) is 0 Å². The van der Waals surface area contributed by atoms with E-state index in [9.17, 15) is 9.90 Å². The second-order valence-electron chi connectivity index (χ2n) is 5.98. The van der Waals surface area contributed by atoms with Crippen LogP contribution in [-0.4, -0.2) is 33.6 Å². The summed E-state index contributed by atoms with van der Waals surface area (Å²) >= 11 is 5.84. The number of hydrogen-bond acceptors (Lipinski definition) is 2. The molecule has 0 spiro atoms. The third-order valence-corrected chi connectivity index (χ3v) is 3.52. The summed E-state index contributed by atoms with van der Waals surface area (Å²) in [4.78, 5) is 14.3. The molecule has 20 heavy (non-hydrogen) atoms. The first-order valence-electron chi connectivity index (χ1n) is 6.94. The zero-order chi connectivity index (χ0) is 15.5. The molecule has 0 radical (unpaired) electrons. The Labute approximate surface area is 126 Å². The van der Waals surface area contributed by atoms with Crippen LogP contribution in [0, 0.1) is 0 Å². The van der Waals surface area contributed by atoms with Gasteiger partial charge in [0.2, 0.25) is 0 Å². The standard InChI is InChI=1S/C16H24ClNO2/c1-11(2)18(12(3)4)15(19)16(5,20)10-13-6-8-14(17)9-7-13/h6-9,11-12,20H,10H2,1-5H3. The number of carbonyl (C=O) groups is 1. The van der Waals surface area contributed by atoms with Crippen LogP contribution in [0.5, 0.6) is 0 Å². The van der Waals surface area contributed by atoms with Crippen molar-refractivity contribution in [2.24, 2.45) is 0 Å². The maximum atomic E-state index is 12.6. The van der Waals surface area contributed by atoms with Gasteiger partial charge in [-0.25, -0.2) is 0 Å². The van der Waals surface area contributed by atoms with Crippen LogP contribution in [0.1, 0.15) is 40.2 Å². The van der Waals surface area contributed by atoms with E-state index in [1.807, 2.05) is 39.8 Å². The molecule has 0 aliphatic rings. The molecule has 0 heterocycles. The van der Waals surface area contributed by atoms with E-state index in [1.54, 1.807) is 24.0 Å². The largest absolute Gasteiger partial charge is 0.380 e. The number of hydrogen-bond donors (Lipinski definition) is 1. The zero-order valence-electron chi connectivity index (χ0n) is 12.9. The van der Waals surface area contributed by atoms with Crippen molar-refractivity contribution in [3.8, 4) is 0 Å². The Morgan fingerprint density at radius 2 is 1.65 bits per heavy atom. The summed E-state index contributed by atoms with van der Waals surface area (Å²) < 4.78 is 0. The molecule has 1 aromatic rings. The Morgan fingerprint density at radius 1 is 1.20 bits per heavy atom. The number of rotatable bonds is 5. The number of halogens is 1. The van der Waals surface area contributed by atoms with Crippen molar-refractivity contribution in [1.82, 2.24) is 4.90 Å². The summed E-state index contributed by atoms with van der Waals surface area (Å²) in [6.45, 7) is 9.39. The average molecular weight is 298 g/mol. The third kappa shape index (κ3) is 4.22. The SMILES string of the molecule is CC(C)N(C(=O)C(C)(O)Cc1ccc(Cl)cc1)C(C)C. The first-order chi connectivity index (χ1) is 9.15. The smallest absolute Gasteiger partial charge is 0.255 e. The molecular weight excluding hydrogens is 274 g/mol. The highest BCUT2D eigenvalue weighted by Gasteiger charge is 2.36. The molecule has 1 aromatic carbocycles. The van der Waals surface area contributed by atoms with Gasteiger partial charge in [0.15, 0.2) is 0 Å². The molecule has 0 saturated carbocycles. The molecule has 0 bridgehead atoms. The van der Waals surface area contributed by atoms with Crippen LogP contribution in [-0.2, 0) is 11.2 Å². The van der Waals surface area contributed by atoms with Gasteiger partial charge in [-0.1, -0.05) is 23.7 Å². The molecule has 1 N–H and O–H groups in total. The van der Waals surface area contributed by atoms with Gasteiger partial charge in [0.05, 0.1) is 0 Å². The quantitative estimate of drug-likeness (QED) is 0.906. The number of amides is 1. The number of carbonyl (C=O) groups excluding carboxylic acids is 1. The molecule has 3 nitrogen and oxygen atoms in total. The summed E-state index contributed by atoms with van der Waals surface area (Å²) in [5.74, 6) is -0.238. The van der Waals surface area contributed by atoms with Crippen LogP contribution in [0.25, 0.3) is 0 Å².